The molecule has 39 heavy (non-hydrogen) atoms. The Morgan fingerprint density at radius 3 is 2.49 bits per heavy atom. The first-order chi connectivity index (χ1) is 18.7. The van der Waals surface area contributed by atoms with Gasteiger partial charge in [0.25, 0.3) is 0 Å². The lowest BCUT2D eigenvalue weighted by molar-refractivity contribution is -0.00986. The lowest BCUT2D eigenvalue weighted by Gasteiger charge is -2.57. The number of rotatable bonds is 7. The van der Waals surface area contributed by atoms with Gasteiger partial charge in [0.1, 0.15) is 11.6 Å². The molecule has 214 valence electrons. The van der Waals surface area contributed by atoms with Crippen LogP contribution in [0.4, 0.5) is 24.1 Å². The van der Waals surface area contributed by atoms with E-state index >= 15 is 0 Å². The number of benzene rings is 1. The molecule has 5 aliphatic rings. The predicted octanol–water partition coefficient (Wildman–Crippen LogP) is 5.45. The van der Waals surface area contributed by atoms with Crippen LogP contribution >= 0.6 is 0 Å². The Hall–Kier alpha value is -2.68. The molecule has 1 heterocycles. The van der Waals surface area contributed by atoms with Crippen LogP contribution in [0.1, 0.15) is 58.8 Å². The zero-order chi connectivity index (χ0) is 27.6. The molecule has 7 nitrogen and oxygen atoms in total. The average molecular weight is 544 g/mol. The number of piperazine rings is 1. The summed E-state index contributed by atoms with van der Waals surface area (Å²) in [5, 5.41) is 5.87. The Bertz CT molecular complexity index is 1080. The zero-order valence-corrected chi connectivity index (χ0v) is 23.4. The topological polar surface area (TPSA) is 67.9 Å². The predicted molar refractivity (Wildman–Crippen MR) is 148 cm³/mol. The highest BCUT2D eigenvalue weighted by Crippen LogP contribution is 2.59. The number of halogens is 2. The van der Waals surface area contributed by atoms with E-state index in [1.807, 2.05) is 4.90 Å². The molecule has 0 spiro atoms. The van der Waals surface area contributed by atoms with Gasteiger partial charge in [-0.05, 0) is 55.1 Å². The van der Waals surface area contributed by atoms with Crippen molar-refractivity contribution in [3.63, 3.8) is 0 Å². The molecule has 2 saturated carbocycles. The molecule has 4 amide bonds. The number of allylic oxidation sites excluding steroid dienone is 1. The molecular formula is C30H43F2N5O2. The first-order valence-electron chi connectivity index (χ1n) is 14.7. The van der Waals surface area contributed by atoms with Crippen LogP contribution in [0.3, 0.4) is 0 Å². The Morgan fingerprint density at radius 2 is 1.82 bits per heavy atom. The van der Waals surface area contributed by atoms with Crippen molar-refractivity contribution in [3.05, 3.63) is 41.5 Å². The Balaban J connectivity index is 1.14. The van der Waals surface area contributed by atoms with Crippen molar-refractivity contribution in [2.45, 2.75) is 64.8 Å². The summed E-state index contributed by atoms with van der Waals surface area (Å²) in [4.78, 5) is 32.0. The van der Waals surface area contributed by atoms with E-state index in [0.29, 0.717) is 50.6 Å². The fourth-order valence-corrected chi connectivity index (χ4v) is 6.86. The number of hydrogen-bond donors (Lipinski definition) is 2. The average Bonchev–Trinajstić information content (AvgIpc) is 2.93. The summed E-state index contributed by atoms with van der Waals surface area (Å²) in [6.45, 7) is 9.16. The van der Waals surface area contributed by atoms with Crippen molar-refractivity contribution in [1.82, 2.24) is 20.0 Å². The van der Waals surface area contributed by atoms with Gasteiger partial charge in [-0.1, -0.05) is 44.8 Å². The third-order valence-corrected chi connectivity index (χ3v) is 9.69. The quantitative estimate of drug-likeness (QED) is 0.450. The van der Waals surface area contributed by atoms with Gasteiger partial charge < -0.3 is 20.4 Å². The molecule has 0 radical (unpaired) electrons. The molecule has 2 bridgehead atoms. The number of amides is 4. The second kappa shape index (κ2) is 11.8. The third-order valence-electron chi connectivity index (χ3n) is 9.69. The molecule has 0 aromatic heterocycles. The third kappa shape index (κ3) is 6.39. The molecule has 1 aromatic carbocycles. The van der Waals surface area contributed by atoms with Gasteiger partial charge in [0.2, 0.25) is 0 Å². The van der Waals surface area contributed by atoms with Crippen LogP contribution in [-0.2, 0) is 0 Å². The van der Waals surface area contributed by atoms with Gasteiger partial charge in [-0.15, -0.1) is 0 Å². The number of anilines is 1. The van der Waals surface area contributed by atoms with Crippen LogP contribution < -0.4 is 10.6 Å². The highest BCUT2D eigenvalue weighted by atomic mass is 19.1. The Labute approximate surface area is 231 Å². The van der Waals surface area contributed by atoms with Crippen LogP contribution in [0.25, 0.3) is 0 Å². The summed E-state index contributed by atoms with van der Waals surface area (Å²) in [5.74, 6) is -0.138. The Kier molecular flexibility index (Phi) is 8.45. The highest BCUT2D eigenvalue weighted by Gasteiger charge is 2.51. The monoisotopic (exact) mass is 543 g/mol. The summed E-state index contributed by atoms with van der Waals surface area (Å²) in [7, 11) is 0. The molecule has 1 aromatic rings. The van der Waals surface area contributed by atoms with Crippen molar-refractivity contribution in [3.8, 4) is 0 Å². The van der Waals surface area contributed by atoms with Crippen LogP contribution in [0.15, 0.2) is 29.8 Å². The largest absolute Gasteiger partial charge is 0.335 e. The Morgan fingerprint density at radius 1 is 1.08 bits per heavy atom. The van der Waals surface area contributed by atoms with E-state index in [4.69, 9.17) is 0 Å². The molecule has 6 rings (SSSR count). The maximum atomic E-state index is 13.9. The van der Waals surface area contributed by atoms with Crippen molar-refractivity contribution >= 4 is 17.7 Å². The fourth-order valence-electron chi connectivity index (χ4n) is 6.86. The van der Waals surface area contributed by atoms with Gasteiger partial charge >= 0.3 is 12.1 Å². The minimum atomic E-state index is -0.789. The zero-order valence-electron chi connectivity index (χ0n) is 23.4. The lowest BCUT2D eigenvalue weighted by atomic mass is 9.49. The number of carbonyl (C=O) groups is 2. The van der Waals surface area contributed by atoms with E-state index in [2.05, 4.69) is 35.5 Å². The number of fused-ring (bicyclic) bond motifs is 1. The van der Waals surface area contributed by atoms with Crippen molar-refractivity contribution in [2.24, 2.45) is 17.3 Å². The smallest absolute Gasteiger partial charge is 0.322 e. The van der Waals surface area contributed by atoms with E-state index in [-0.39, 0.29) is 23.8 Å². The van der Waals surface area contributed by atoms with Crippen LogP contribution in [-0.4, -0.2) is 78.6 Å². The second-order valence-electron chi connectivity index (χ2n) is 12.4. The van der Waals surface area contributed by atoms with E-state index in [1.165, 1.54) is 37.3 Å². The number of urea groups is 2. The highest BCUT2D eigenvalue weighted by molar-refractivity contribution is 5.89. The molecular weight excluding hydrogens is 500 g/mol. The lowest BCUT2D eigenvalue weighted by Crippen LogP contribution is -2.54. The second-order valence-corrected chi connectivity index (χ2v) is 12.4. The standard InChI is InChI=1S/C30H43F2N5O2/c1-30(2)22-9-8-21(25(30)18-22)20-37(28(38)33-24-6-4-3-5-7-24)17-14-35-12-15-36(16-13-35)29(39)34-27-11-10-23(31)19-26(27)32/h8,10-11,19,22,24-25H,3-7,9,12-18,20H2,1-2H3,(H,33,38)(H,34,39). The summed E-state index contributed by atoms with van der Waals surface area (Å²) in [6, 6.07) is 3.04. The van der Waals surface area contributed by atoms with Crippen molar-refractivity contribution < 1.29 is 18.4 Å². The normalized spacial score (nSPS) is 24.9. The summed E-state index contributed by atoms with van der Waals surface area (Å²) in [6.07, 6.45) is 10.5. The van der Waals surface area contributed by atoms with E-state index in [9.17, 15) is 18.4 Å². The molecule has 3 fully saturated rings. The molecule has 2 atom stereocenters. The number of carbonyl (C=O) groups excluding carboxylic acids is 2. The maximum Gasteiger partial charge on any atom is 0.322 e. The summed E-state index contributed by atoms with van der Waals surface area (Å²) in [5.41, 5.74) is 1.71. The van der Waals surface area contributed by atoms with Crippen molar-refractivity contribution in [2.75, 3.05) is 51.1 Å². The first-order valence-corrected chi connectivity index (χ1v) is 14.7. The first kappa shape index (κ1) is 27.9. The van der Waals surface area contributed by atoms with Crippen LogP contribution in [0.5, 0.6) is 0 Å². The van der Waals surface area contributed by atoms with Gasteiger partial charge in [-0.2, -0.15) is 0 Å². The van der Waals surface area contributed by atoms with Crippen LogP contribution in [0.2, 0.25) is 0 Å². The number of hydrogen-bond acceptors (Lipinski definition) is 3. The number of nitrogens with one attached hydrogen (secondary N) is 2. The summed E-state index contributed by atoms with van der Waals surface area (Å²) < 4.78 is 27.1. The van der Waals surface area contributed by atoms with Gasteiger partial charge in [-0.3, -0.25) is 4.90 Å². The summed E-state index contributed by atoms with van der Waals surface area (Å²) >= 11 is 0. The minimum Gasteiger partial charge on any atom is -0.335 e. The van der Waals surface area contributed by atoms with Gasteiger partial charge in [0, 0.05) is 57.9 Å². The molecule has 2 unspecified atom stereocenters. The van der Waals surface area contributed by atoms with E-state index in [0.717, 1.165) is 43.9 Å². The van der Waals surface area contributed by atoms with Gasteiger partial charge in [0.05, 0.1) is 5.69 Å². The minimum absolute atomic E-state index is 0.0265. The molecule has 1 aliphatic heterocycles. The van der Waals surface area contributed by atoms with E-state index in [1.54, 1.807) is 4.90 Å². The maximum absolute atomic E-state index is 13.9. The van der Waals surface area contributed by atoms with Crippen molar-refractivity contribution in [1.29, 1.82) is 0 Å². The molecule has 1 saturated heterocycles. The van der Waals surface area contributed by atoms with Gasteiger partial charge in [-0.25, -0.2) is 18.4 Å². The molecule has 2 N–H and O–H groups in total. The fraction of sp³-hybridized carbons (Fsp3) is 0.667. The molecule has 9 heteroatoms. The molecule has 4 aliphatic carbocycles. The van der Waals surface area contributed by atoms with E-state index < -0.39 is 11.6 Å². The van der Waals surface area contributed by atoms with Gasteiger partial charge in [0.15, 0.2) is 0 Å². The van der Waals surface area contributed by atoms with Crippen LogP contribution in [0, 0.1) is 28.9 Å². The SMILES string of the molecule is CC1(C)C2CC=C(CN(CCN3CCN(C(=O)Nc4ccc(F)cc4F)CC3)C(=O)NC3CCCCC3)C1C2. The number of nitrogens with zero attached hydrogens (tertiary/aromatic N) is 3.